The third-order valence-electron chi connectivity index (χ3n) is 3.79. The van der Waals surface area contributed by atoms with Gasteiger partial charge in [0.2, 0.25) is 0 Å². The van der Waals surface area contributed by atoms with Gasteiger partial charge in [-0.3, -0.25) is 4.79 Å². The van der Waals surface area contributed by atoms with Crippen LogP contribution in [-0.2, 0) is 4.74 Å². The maximum Gasteiger partial charge on any atom is 0.317 e. The maximum absolute atomic E-state index is 12.1. The van der Waals surface area contributed by atoms with Crippen LogP contribution in [0.25, 0.3) is 0 Å². The number of aromatic amines is 1. The average molecular weight is 298 g/mol. The molecule has 6 nitrogen and oxygen atoms in total. The molecule has 0 aromatic carbocycles. The van der Waals surface area contributed by atoms with Crippen molar-refractivity contribution in [1.29, 1.82) is 0 Å². The van der Waals surface area contributed by atoms with Crippen LogP contribution in [0.2, 0.25) is 0 Å². The fourth-order valence-corrected chi connectivity index (χ4v) is 3.57. The predicted octanol–water partition coefficient (Wildman–Crippen LogP) is -1.32. The molecule has 2 aliphatic rings. The van der Waals surface area contributed by atoms with E-state index in [0.717, 1.165) is 44.1 Å². The van der Waals surface area contributed by atoms with E-state index in [1.165, 1.54) is 0 Å². The summed E-state index contributed by atoms with van der Waals surface area (Å²) in [5.41, 5.74) is 0.655. The quantitative estimate of drug-likeness (QED) is 0.645. The van der Waals surface area contributed by atoms with Gasteiger partial charge in [-0.1, -0.05) is 11.3 Å². The Kier molecular flexibility index (Phi) is 4.62. The third kappa shape index (κ3) is 3.35. The summed E-state index contributed by atoms with van der Waals surface area (Å²) in [6.07, 6.45) is 2.33. The summed E-state index contributed by atoms with van der Waals surface area (Å²) >= 11 is 1.62. The highest BCUT2D eigenvalue weighted by Crippen LogP contribution is 2.13. The fourth-order valence-electron chi connectivity index (χ4n) is 2.64. The molecule has 2 aliphatic heterocycles. The molecular formula is C13H22N4O2S+2. The Morgan fingerprint density at radius 2 is 2.60 bits per heavy atom. The number of thiazole rings is 1. The van der Waals surface area contributed by atoms with Crippen LogP contribution in [0.4, 0.5) is 0 Å². The van der Waals surface area contributed by atoms with Crippen molar-refractivity contribution in [3.63, 3.8) is 0 Å². The summed E-state index contributed by atoms with van der Waals surface area (Å²) in [6, 6.07) is 0.397. The monoisotopic (exact) mass is 298 g/mol. The van der Waals surface area contributed by atoms with Gasteiger partial charge in [0.15, 0.2) is 6.04 Å². The second-order valence-electron chi connectivity index (χ2n) is 5.32. The van der Waals surface area contributed by atoms with Crippen LogP contribution in [0, 0.1) is 0 Å². The Bertz CT molecular complexity index is 453. The lowest BCUT2D eigenvalue weighted by Gasteiger charge is -2.16. The molecule has 3 heterocycles. The molecule has 1 amide bonds. The molecule has 1 aromatic heterocycles. The minimum absolute atomic E-state index is 0.0354. The Balaban J connectivity index is 1.53. The molecule has 110 valence electrons. The first kappa shape index (κ1) is 13.9. The van der Waals surface area contributed by atoms with Crippen molar-refractivity contribution >= 4 is 17.2 Å². The summed E-state index contributed by atoms with van der Waals surface area (Å²) < 4.78 is 5.50. The van der Waals surface area contributed by atoms with E-state index < -0.39 is 0 Å². The van der Waals surface area contributed by atoms with Gasteiger partial charge in [0.1, 0.15) is 0 Å². The van der Waals surface area contributed by atoms with Crippen molar-refractivity contribution in [3.8, 4) is 0 Å². The number of nitrogens with two attached hydrogens (primary N) is 1. The molecule has 2 atom stereocenters. The van der Waals surface area contributed by atoms with Gasteiger partial charge in [0, 0.05) is 19.7 Å². The van der Waals surface area contributed by atoms with E-state index >= 15 is 0 Å². The third-order valence-corrected chi connectivity index (χ3v) is 4.81. The van der Waals surface area contributed by atoms with Gasteiger partial charge in [0.25, 0.3) is 10.7 Å². The van der Waals surface area contributed by atoms with E-state index in [-0.39, 0.29) is 12.0 Å². The van der Waals surface area contributed by atoms with E-state index in [9.17, 15) is 4.79 Å². The van der Waals surface area contributed by atoms with Gasteiger partial charge in [-0.05, 0) is 12.8 Å². The summed E-state index contributed by atoms with van der Waals surface area (Å²) in [7, 11) is 0. The molecule has 1 unspecified atom stereocenters. The van der Waals surface area contributed by atoms with Crippen molar-refractivity contribution in [2.24, 2.45) is 0 Å². The lowest BCUT2D eigenvalue weighted by atomic mass is 10.2. The van der Waals surface area contributed by atoms with Gasteiger partial charge in [-0.15, -0.1) is 0 Å². The normalized spacial score (nSPS) is 26.6. The number of aromatic nitrogens is 1. The highest BCUT2D eigenvalue weighted by Gasteiger charge is 2.28. The molecule has 2 saturated heterocycles. The minimum atomic E-state index is -0.0354. The smallest absolute Gasteiger partial charge is 0.317 e. The van der Waals surface area contributed by atoms with Crippen LogP contribution in [0.5, 0.6) is 0 Å². The molecule has 0 radical (unpaired) electrons. The van der Waals surface area contributed by atoms with Gasteiger partial charge >= 0.3 is 5.91 Å². The second kappa shape index (κ2) is 6.62. The average Bonchev–Trinajstić information content (AvgIpc) is 3.17. The molecule has 2 fully saturated rings. The number of hydrogen-bond donors (Lipinski definition) is 3. The number of carbonyl (C=O) groups excluding carboxylic acids is 1. The molecule has 0 bridgehead atoms. The highest BCUT2D eigenvalue weighted by atomic mass is 32.1. The Labute approximate surface area is 122 Å². The van der Waals surface area contributed by atoms with Crippen LogP contribution < -0.4 is 20.9 Å². The largest absolute Gasteiger partial charge is 0.376 e. The molecule has 1 aromatic rings. The van der Waals surface area contributed by atoms with E-state index in [0.29, 0.717) is 18.3 Å². The maximum atomic E-state index is 12.1. The molecule has 3 rings (SSSR count). The van der Waals surface area contributed by atoms with Crippen molar-refractivity contribution in [2.75, 3.05) is 32.8 Å². The lowest BCUT2D eigenvalue weighted by Crippen LogP contribution is -2.90. The Morgan fingerprint density at radius 3 is 3.35 bits per heavy atom. The van der Waals surface area contributed by atoms with Crippen molar-refractivity contribution < 1.29 is 19.8 Å². The summed E-state index contributed by atoms with van der Waals surface area (Å²) in [5, 5.41) is 11.7. The summed E-state index contributed by atoms with van der Waals surface area (Å²) in [6.45, 7) is 4.51. The zero-order valence-electron chi connectivity index (χ0n) is 11.5. The molecule has 0 aliphatic carbocycles. The van der Waals surface area contributed by atoms with Crippen LogP contribution in [0.1, 0.15) is 34.4 Å². The number of H-pyrrole nitrogens is 1. The Morgan fingerprint density at radius 1 is 1.65 bits per heavy atom. The number of quaternary nitrogens is 1. The van der Waals surface area contributed by atoms with Gasteiger partial charge in [-0.2, -0.15) is 4.98 Å². The standard InChI is InChI=1S/C13H20N4O2S/c18-12(16-6-9-2-1-5-19-9)11-8-20-13(17-11)10-7-14-3-4-15-10/h8-10,14-15H,1-7H2,(H,16,18)/p+2/t9-,10?/m0/s1. The summed E-state index contributed by atoms with van der Waals surface area (Å²) in [5.74, 6) is -0.0354. The van der Waals surface area contributed by atoms with E-state index in [4.69, 9.17) is 4.74 Å². The number of ether oxygens (including phenoxy) is 1. The van der Waals surface area contributed by atoms with Crippen LogP contribution in [0.15, 0.2) is 5.38 Å². The first-order valence-electron chi connectivity index (χ1n) is 7.27. The number of amides is 1. The number of rotatable bonds is 4. The first-order valence-corrected chi connectivity index (χ1v) is 8.15. The lowest BCUT2D eigenvalue weighted by molar-refractivity contribution is -0.709. The SMILES string of the molecule is O=C(NC[C@@H]1CCCO1)c1csc(C2CNCC[NH2+]2)[nH+]1. The Hall–Kier alpha value is -1.02. The van der Waals surface area contributed by atoms with Crippen molar-refractivity contribution in [3.05, 3.63) is 16.1 Å². The second-order valence-corrected chi connectivity index (χ2v) is 6.23. The number of hydrogen-bond acceptors (Lipinski definition) is 4. The zero-order valence-corrected chi connectivity index (χ0v) is 12.3. The number of carbonyl (C=O) groups is 1. The number of piperazine rings is 1. The highest BCUT2D eigenvalue weighted by molar-refractivity contribution is 7.09. The molecule has 20 heavy (non-hydrogen) atoms. The van der Waals surface area contributed by atoms with Gasteiger partial charge in [-0.25, -0.2) is 0 Å². The topological polar surface area (TPSA) is 81.1 Å². The van der Waals surface area contributed by atoms with Crippen LogP contribution >= 0.6 is 11.3 Å². The molecule has 0 saturated carbocycles. The van der Waals surface area contributed by atoms with E-state index in [1.807, 2.05) is 5.38 Å². The molecule has 5 N–H and O–H groups in total. The molecular weight excluding hydrogens is 276 g/mol. The summed E-state index contributed by atoms with van der Waals surface area (Å²) in [4.78, 5) is 15.3. The van der Waals surface area contributed by atoms with Crippen LogP contribution in [-0.4, -0.2) is 44.8 Å². The molecule has 7 heteroatoms. The van der Waals surface area contributed by atoms with Crippen LogP contribution in [0.3, 0.4) is 0 Å². The predicted molar refractivity (Wildman–Crippen MR) is 74.6 cm³/mol. The minimum Gasteiger partial charge on any atom is -0.376 e. The zero-order chi connectivity index (χ0) is 13.8. The van der Waals surface area contributed by atoms with Crippen molar-refractivity contribution in [1.82, 2.24) is 10.6 Å². The molecule has 0 spiro atoms. The van der Waals surface area contributed by atoms with Gasteiger partial charge in [0.05, 0.1) is 24.6 Å². The van der Waals surface area contributed by atoms with E-state index in [2.05, 4.69) is 20.9 Å². The number of nitrogens with one attached hydrogen (secondary N) is 3. The van der Waals surface area contributed by atoms with E-state index in [1.54, 1.807) is 11.3 Å². The van der Waals surface area contributed by atoms with Crippen molar-refractivity contribution in [2.45, 2.75) is 25.0 Å². The van der Waals surface area contributed by atoms with Gasteiger partial charge < -0.3 is 20.7 Å². The first-order chi connectivity index (χ1) is 9.83. The fraction of sp³-hybridized carbons (Fsp3) is 0.692.